The van der Waals surface area contributed by atoms with Gasteiger partial charge in [0.1, 0.15) is 17.8 Å². The fraction of sp³-hybridized carbons (Fsp3) is 0.944. The van der Waals surface area contributed by atoms with Crippen molar-refractivity contribution < 1.29 is 34.3 Å². The highest BCUT2D eigenvalue weighted by Gasteiger charge is 2.84. The zero-order valence-electron chi connectivity index (χ0n) is 15.2. The first-order chi connectivity index (χ1) is 11.6. The number of fused-ring (bicyclic) bond motifs is 2. The maximum Gasteiger partial charge on any atom is 0.302 e. The summed E-state index contributed by atoms with van der Waals surface area (Å²) >= 11 is 0. The Kier molecular flexibility index (Phi) is 3.50. The van der Waals surface area contributed by atoms with Gasteiger partial charge < -0.3 is 29.5 Å². The Balaban J connectivity index is 1.83. The quantitative estimate of drug-likeness (QED) is 0.472. The van der Waals surface area contributed by atoms with Crippen molar-refractivity contribution in [3.05, 3.63) is 0 Å². The van der Waals surface area contributed by atoms with Gasteiger partial charge in [-0.3, -0.25) is 4.79 Å². The van der Waals surface area contributed by atoms with Crippen LogP contribution in [0.3, 0.4) is 0 Å². The second-order valence-electron chi connectivity index (χ2n) is 9.19. The third-order valence-electron chi connectivity index (χ3n) is 7.63. The molecule has 25 heavy (non-hydrogen) atoms. The smallest absolute Gasteiger partial charge is 0.302 e. The van der Waals surface area contributed by atoms with Gasteiger partial charge in [-0.1, -0.05) is 20.8 Å². The van der Waals surface area contributed by atoms with Crippen LogP contribution in [0.25, 0.3) is 0 Å². The van der Waals surface area contributed by atoms with Crippen molar-refractivity contribution in [3.63, 3.8) is 0 Å². The van der Waals surface area contributed by atoms with Gasteiger partial charge in [-0.25, -0.2) is 0 Å². The number of carbonyl (C=O) groups is 1. The van der Waals surface area contributed by atoms with Crippen LogP contribution in [0.2, 0.25) is 0 Å². The molecule has 8 atom stereocenters. The lowest BCUT2D eigenvalue weighted by Gasteiger charge is -2.63. The summed E-state index contributed by atoms with van der Waals surface area (Å²) in [6.45, 7) is 7.21. The molecule has 7 nitrogen and oxygen atoms in total. The standard InChI is InChI=1S/C18H28O7/c1-9(20)24-10-5-16(4)17(7-19)11(25-14(10)18(16)8-23-18)6-15(2,3)12(21)13(17)22/h10-14,19,21-22H,5-8H2,1-4H3/t10-,11-,12?,13?,14-,16-,17-,18+/m1/s1. The number of aliphatic hydroxyl groups excluding tert-OH is 3. The average Bonchev–Trinajstić information content (AvgIpc) is 3.27. The molecule has 2 saturated heterocycles. The molecule has 3 N–H and O–H groups in total. The number of hydrogen-bond acceptors (Lipinski definition) is 7. The fourth-order valence-electron chi connectivity index (χ4n) is 6.03. The van der Waals surface area contributed by atoms with Gasteiger partial charge in [0.2, 0.25) is 0 Å². The number of hydrogen-bond donors (Lipinski definition) is 3. The molecule has 0 aromatic carbocycles. The van der Waals surface area contributed by atoms with Crippen molar-refractivity contribution in [2.75, 3.05) is 13.2 Å². The van der Waals surface area contributed by atoms with Gasteiger partial charge in [0.15, 0.2) is 0 Å². The Hall–Kier alpha value is -0.730. The molecule has 4 rings (SSSR count). The van der Waals surface area contributed by atoms with Crippen LogP contribution in [0.4, 0.5) is 0 Å². The number of epoxide rings is 1. The van der Waals surface area contributed by atoms with Crippen LogP contribution in [-0.2, 0) is 19.0 Å². The topological polar surface area (TPSA) is 109 Å². The summed E-state index contributed by atoms with van der Waals surface area (Å²) in [5.41, 5.74) is -2.97. The van der Waals surface area contributed by atoms with E-state index in [9.17, 15) is 20.1 Å². The summed E-state index contributed by atoms with van der Waals surface area (Å²) < 4.78 is 17.7. The van der Waals surface area contributed by atoms with Gasteiger partial charge in [0.05, 0.1) is 36.9 Å². The summed E-state index contributed by atoms with van der Waals surface area (Å²) in [6, 6.07) is 0. The van der Waals surface area contributed by atoms with E-state index >= 15 is 0 Å². The number of rotatable bonds is 2. The lowest BCUT2D eigenvalue weighted by molar-refractivity contribution is -0.308. The summed E-state index contributed by atoms with van der Waals surface area (Å²) in [5.74, 6) is -0.387. The molecular formula is C18H28O7. The SMILES string of the molecule is CC(=O)O[C@@H]1C[C@@]2(C)[C@]3(CO3)[C@@H]1O[C@@H]1CC(C)(C)C(O)C(O)[C@@]12CO. The van der Waals surface area contributed by atoms with Crippen molar-refractivity contribution in [3.8, 4) is 0 Å². The predicted molar refractivity (Wildman–Crippen MR) is 85.6 cm³/mol. The van der Waals surface area contributed by atoms with E-state index in [1.165, 1.54) is 6.92 Å². The minimum Gasteiger partial charge on any atom is -0.460 e. The molecule has 0 amide bonds. The lowest BCUT2D eigenvalue weighted by Crippen LogP contribution is -2.74. The molecule has 2 aliphatic carbocycles. The van der Waals surface area contributed by atoms with Crippen molar-refractivity contribution >= 4 is 5.97 Å². The number of aliphatic hydroxyl groups is 3. The van der Waals surface area contributed by atoms with Gasteiger partial charge in [-0.2, -0.15) is 0 Å². The molecule has 0 aromatic rings. The monoisotopic (exact) mass is 356 g/mol. The molecule has 0 aromatic heterocycles. The van der Waals surface area contributed by atoms with Gasteiger partial charge in [-0.15, -0.1) is 0 Å². The Morgan fingerprint density at radius 3 is 2.36 bits per heavy atom. The van der Waals surface area contributed by atoms with Crippen LogP contribution in [0.1, 0.15) is 40.5 Å². The van der Waals surface area contributed by atoms with Crippen LogP contribution in [-0.4, -0.2) is 70.6 Å². The molecule has 2 saturated carbocycles. The zero-order chi connectivity index (χ0) is 18.4. The second kappa shape index (κ2) is 4.95. The molecular weight excluding hydrogens is 328 g/mol. The minimum atomic E-state index is -1.16. The van der Waals surface area contributed by atoms with Crippen molar-refractivity contribution in [1.29, 1.82) is 0 Å². The molecule has 2 heterocycles. The Morgan fingerprint density at radius 2 is 1.84 bits per heavy atom. The number of carbonyl (C=O) groups excluding carboxylic acids is 1. The highest BCUT2D eigenvalue weighted by atomic mass is 16.7. The largest absolute Gasteiger partial charge is 0.460 e. The average molecular weight is 356 g/mol. The zero-order valence-corrected chi connectivity index (χ0v) is 15.2. The third-order valence-corrected chi connectivity index (χ3v) is 7.63. The first-order valence-corrected chi connectivity index (χ1v) is 8.99. The lowest BCUT2D eigenvalue weighted by atomic mass is 9.47. The molecule has 1 spiro atoms. The van der Waals surface area contributed by atoms with E-state index < -0.39 is 52.4 Å². The van der Waals surface area contributed by atoms with Crippen molar-refractivity contribution in [2.45, 2.75) is 76.7 Å². The maximum atomic E-state index is 11.6. The normalized spacial score (nSPS) is 55.7. The Bertz CT molecular complexity index is 600. The Morgan fingerprint density at radius 1 is 1.20 bits per heavy atom. The maximum absolute atomic E-state index is 11.6. The van der Waals surface area contributed by atoms with E-state index in [4.69, 9.17) is 14.2 Å². The predicted octanol–water partition coefficient (Wildman–Crippen LogP) is -0.00510. The molecule has 4 aliphatic rings. The van der Waals surface area contributed by atoms with Crippen LogP contribution >= 0.6 is 0 Å². The van der Waals surface area contributed by atoms with Crippen LogP contribution in [0, 0.1) is 16.2 Å². The summed E-state index contributed by atoms with van der Waals surface area (Å²) in [6.07, 6.45) is -2.56. The highest BCUT2D eigenvalue weighted by Crippen LogP contribution is 2.72. The highest BCUT2D eigenvalue weighted by molar-refractivity contribution is 5.66. The third kappa shape index (κ3) is 1.86. The summed E-state index contributed by atoms with van der Waals surface area (Å²) in [7, 11) is 0. The number of ether oxygens (including phenoxy) is 3. The van der Waals surface area contributed by atoms with E-state index in [0.717, 1.165) is 0 Å². The van der Waals surface area contributed by atoms with E-state index in [0.29, 0.717) is 19.4 Å². The van der Waals surface area contributed by atoms with Gasteiger partial charge in [0, 0.05) is 12.3 Å². The Labute approximate surface area is 147 Å². The van der Waals surface area contributed by atoms with Gasteiger partial charge in [0.25, 0.3) is 0 Å². The van der Waals surface area contributed by atoms with Crippen LogP contribution in [0.15, 0.2) is 0 Å². The second-order valence-corrected chi connectivity index (χ2v) is 9.19. The van der Waals surface area contributed by atoms with E-state index in [1.54, 1.807) is 0 Å². The molecule has 2 aliphatic heterocycles. The van der Waals surface area contributed by atoms with E-state index in [-0.39, 0.29) is 12.6 Å². The molecule has 2 bridgehead atoms. The molecule has 7 heteroatoms. The van der Waals surface area contributed by atoms with Crippen molar-refractivity contribution in [1.82, 2.24) is 0 Å². The molecule has 0 radical (unpaired) electrons. The van der Waals surface area contributed by atoms with Gasteiger partial charge in [-0.05, 0) is 18.3 Å². The molecule has 142 valence electrons. The van der Waals surface area contributed by atoms with Crippen LogP contribution in [0.5, 0.6) is 0 Å². The summed E-state index contributed by atoms with van der Waals surface area (Å²) in [4.78, 5) is 11.6. The first-order valence-electron chi connectivity index (χ1n) is 8.99. The van der Waals surface area contributed by atoms with E-state index in [1.807, 2.05) is 20.8 Å². The van der Waals surface area contributed by atoms with E-state index in [2.05, 4.69) is 0 Å². The van der Waals surface area contributed by atoms with Crippen LogP contribution < -0.4 is 0 Å². The molecule has 2 unspecified atom stereocenters. The van der Waals surface area contributed by atoms with Crippen molar-refractivity contribution in [2.24, 2.45) is 16.2 Å². The first kappa shape index (κ1) is 17.7. The number of esters is 1. The fourth-order valence-corrected chi connectivity index (χ4v) is 6.03. The summed E-state index contributed by atoms with van der Waals surface area (Å²) in [5, 5.41) is 32.3. The molecule has 4 fully saturated rings. The minimum absolute atomic E-state index is 0.326. The van der Waals surface area contributed by atoms with Gasteiger partial charge >= 0.3 is 5.97 Å².